The summed E-state index contributed by atoms with van der Waals surface area (Å²) in [5, 5.41) is 25.1. The number of para-hydroxylation sites is 1. The van der Waals surface area contributed by atoms with E-state index in [1.165, 1.54) is 23.0 Å². The van der Waals surface area contributed by atoms with E-state index in [-0.39, 0.29) is 22.3 Å². The molecule has 198 valence electrons. The molecule has 1 heterocycles. The van der Waals surface area contributed by atoms with Gasteiger partial charge in [0.1, 0.15) is 11.8 Å². The van der Waals surface area contributed by atoms with Gasteiger partial charge in [-0.25, -0.2) is 4.98 Å². The number of ether oxygens (including phenoxy) is 2. The van der Waals surface area contributed by atoms with E-state index in [1.54, 1.807) is 37.4 Å². The van der Waals surface area contributed by atoms with Crippen molar-refractivity contribution >= 4 is 34.4 Å². The second kappa shape index (κ2) is 11.3. The Morgan fingerprint density at radius 2 is 2.00 bits per heavy atom. The molecule has 0 aliphatic heterocycles. The van der Waals surface area contributed by atoms with Gasteiger partial charge in [0.15, 0.2) is 12.4 Å². The van der Waals surface area contributed by atoms with E-state index in [9.17, 15) is 14.9 Å². The Labute approximate surface area is 228 Å². The number of hydrogen-bond donors (Lipinski definition) is 0. The highest BCUT2D eigenvalue weighted by Crippen LogP contribution is 2.36. The first kappa shape index (κ1) is 27.3. The van der Waals surface area contributed by atoms with Crippen molar-refractivity contribution < 1.29 is 14.4 Å². The number of nitro groups is 1. The van der Waals surface area contributed by atoms with Crippen LogP contribution in [-0.2, 0) is 0 Å². The fourth-order valence-corrected chi connectivity index (χ4v) is 4.43. The molecular weight excluding hydrogens is 522 g/mol. The maximum absolute atomic E-state index is 13.6. The van der Waals surface area contributed by atoms with E-state index in [1.807, 2.05) is 32.9 Å². The van der Waals surface area contributed by atoms with Gasteiger partial charge in [0.25, 0.3) is 5.56 Å². The number of nitriles is 1. The minimum atomic E-state index is -0.667. The summed E-state index contributed by atoms with van der Waals surface area (Å²) in [6.07, 6.45) is 1.29. The van der Waals surface area contributed by atoms with Gasteiger partial charge in [0.2, 0.25) is 5.75 Å². The van der Waals surface area contributed by atoms with Crippen molar-refractivity contribution in [2.24, 2.45) is 5.10 Å². The Morgan fingerprint density at radius 3 is 2.67 bits per heavy atom. The Hall–Kier alpha value is -4.75. The molecule has 0 saturated carbocycles. The highest BCUT2D eigenvalue weighted by atomic mass is 35.5. The third kappa shape index (κ3) is 5.44. The van der Waals surface area contributed by atoms with E-state index in [2.05, 4.69) is 5.10 Å². The molecule has 0 N–H and O–H groups in total. The van der Waals surface area contributed by atoms with Crippen molar-refractivity contribution in [2.45, 2.75) is 26.7 Å². The average molecular weight is 546 g/mol. The van der Waals surface area contributed by atoms with Crippen LogP contribution in [0.15, 0.2) is 58.4 Å². The van der Waals surface area contributed by atoms with Crippen LogP contribution in [0.3, 0.4) is 0 Å². The summed E-state index contributed by atoms with van der Waals surface area (Å²) in [6, 6.07) is 15.1. The molecule has 1 aromatic heterocycles. The van der Waals surface area contributed by atoms with Gasteiger partial charge >= 0.3 is 5.69 Å². The molecule has 0 radical (unpaired) electrons. The summed E-state index contributed by atoms with van der Waals surface area (Å²) in [5.74, 6) is 0.935. The Balaban J connectivity index is 1.94. The molecule has 3 aromatic carbocycles. The maximum Gasteiger partial charge on any atom is 0.313 e. The standard InChI is InChI=1S/C28H24ClN5O5/c1-16(2)20-14-21(17(3)11-25(20)38-4)27-32-23-8-6-5-7-19(23)28(35)33(27)31-15-18-12-22(29)26(39-10-9-30)24(13-18)34(36)37/h5-8,11-16H,10H2,1-4H3. The zero-order valence-corrected chi connectivity index (χ0v) is 22.4. The molecule has 4 aromatic rings. The van der Waals surface area contributed by atoms with Crippen LogP contribution in [0, 0.1) is 28.4 Å². The van der Waals surface area contributed by atoms with Crippen molar-refractivity contribution in [3.8, 4) is 29.0 Å². The summed E-state index contributed by atoms with van der Waals surface area (Å²) >= 11 is 6.24. The highest BCUT2D eigenvalue weighted by molar-refractivity contribution is 6.32. The van der Waals surface area contributed by atoms with Crippen molar-refractivity contribution in [1.29, 1.82) is 5.26 Å². The van der Waals surface area contributed by atoms with E-state index in [0.29, 0.717) is 22.3 Å². The average Bonchev–Trinajstić information content (AvgIpc) is 2.91. The number of nitro benzene ring substituents is 1. The van der Waals surface area contributed by atoms with Crippen LogP contribution in [0.4, 0.5) is 5.69 Å². The molecule has 0 amide bonds. The van der Waals surface area contributed by atoms with Crippen LogP contribution in [0.2, 0.25) is 5.02 Å². The second-order valence-electron chi connectivity index (χ2n) is 8.93. The van der Waals surface area contributed by atoms with Crippen LogP contribution in [0.25, 0.3) is 22.3 Å². The van der Waals surface area contributed by atoms with Gasteiger partial charge in [0.05, 0.1) is 34.2 Å². The summed E-state index contributed by atoms with van der Waals surface area (Å²) in [6.45, 7) is 5.56. The van der Waals surface area contributed by atoms with E-state index < -0.39 is 22.8 Å². The second-order valence-corrected chi connectivity index (χ2v) is 9.34. The molecular formula is C28H24ClN5O5. The first-order chi connectivity index (χ1) is 18.7. The van der Waals surface area contributed by atoms with Crippen molar-refractivity contribution in [3.63, 3.8) is 0 Å². The van der Waals surface area contributed by atoms with Gasteiger partial charge in [-0.15, -0.1) is 0 Å². The first-order valence-electron chi connectivity index (χ1n) is 11.9. The maximum atomic E-state index is 13.6. The van der Waals surface area contributed by atoms with Gasteiger partial charge in [-0.05, 0) is 54.3 Å². The number of fused-ring (bicyclic) bond motifs is 1. The Bertz CT molecular complexity index is 1720. The summed E-state index contributed by atoms with van der Waals surface area (Å²) in [4.78, 5) is 29.4. The molecule has 11 heteroatoms. The SMILES string of the molecule is COc1cc(C)c(-c2nc3ccccc3c(=O)n2N=Cc2cc(Cl)c(OCC#N)c([N+](=O)[O-])c2)cc1C(C)C. The number of rotatable bonds is 8. The molecule has 0 unspecified atom stereocenters. The highest BCUT2D eigenvalue weighted by Gasteiger charge is 2.21. The van der Waals surface area contributed by atoms with Gasteiger partial charge in [-0.1, -0.05) is 37.6 Å². The smallest absolute Gasteiger partial charge is 0.313 e. The predicted octanol–water partition coefficient (Wildman–Crippen LogP) is 5.85. The lowest BCUT2D eigenvalue weighted by molar-refractivity contribution is -0.385. The minimum absolute atomic E-state index is 0.0716. The fourth-order valence-electron chi connectivity index (χ4n) is 4.15. The van der Waals surface area contributed by atoms with Crippen LogP contribution >= 0.6 is 11.6 Å². The van der Waals surface area contributed by atoms with Crippen LogP contribution in [0.1, 0.15) is 36.5 Å². The number of halogens is 1. The van der Waals surface area contributed by atoms with Crippen molar-refractivity contribution in [2.75, 3.05) is 13.7 Å². The summed E-state index contributed by atoms with van der Waals surface area (Å²) < 4.78 is 11.9. The third-order valence-electron chi connectivity index (χ3n) is 6.04. The summed E-state index contributed by atoms with van der Waals surface area (Å²) in [7, 11) is 1.61. The van der Waals surface area contributed by atoms with Gasteiger partial charge in [-0.3, -0.25) is 14.9 Å². The predicted molar refractivity (Wildman–Crippen MR) is 149 cm³/mol. The first-order valence-corrected chi connectivity index (χ1v) is 12.3. The van der Waals surface area contributed by atoms with Crippen molar-refractivity contribution in [3.05, 3.63) is 90.7 Å². The van der Waals surface area contributed by atoms with Gasteiger partial charge in [0, 0.05) is 17.2 Å². The monoisotopic (exact) mass is 545 g/mol. The lowest BCUT2D eigenvalue weighted by Gasteiger charge is -2.17. The topological polar surface area (TPSA) is 133 Å². The fraction of sp³-hybridized carbons (Fsp3) is 0.214. The van der Waals surface area contributed by atoms with E-state index in [0.717, 1.165) is 16.9 Å². The lowest BCUT2D eigenvalue weighted by atomic mass is 9.96. The lowest BCUT2D eigenvalue weighted by Crippen LogP contribution is -2.20. The third-order valence-corrected chi connectivity index (χ3v) is 6.32. The van der Waals surface area contributed by atoms with Crippen molar-refractivity contribution in [1.82, 2.24) is 9.66 Å². The van der Waals surface area contributed by atoms with Crippen LogP contribution in [0.5, 0.6) is 11.5 Å². The normalized spacial score (nSPS) is 11.2. The molecule has 0 aliphatic carbocycles. The molecule has 0 fully saturated rings. The number of aromatic nitrogens is 2. The zero-order chi connectivity index (χ0) is 28.3. The Kier molecular flexibility index (Phi) is 7.93. The molecule has 0 atom stereocenters. The zero-order valence-electron chi connectivity index (χ0n) is 21.6. The number of methoxy groups -OCH3 is 1. The largest absolute Gasteiger partial charge is 0.496 e. The number of aryl methyl sites for hydroxylation is 1. The molecule has 0 saturated heterocycles. The molecule has 39 heavy (non-hydrogen) atoms. The number of nitrogens with zero attached hydrogens (tertiary/aromatic N) is 5. The van der Waals surface area contributed by atoms with E-state index >= 15 is 0 Å². The number of hydrogen-bond acceptors (Lipinski definition) is 8. The molecule has 0 bridgehead atoms. The van der Waals surface area contributed by atoms with Gasteiger partial charge < -0.3 is 9.47 Å². The van der Waals surface area contributed by atoms with Crippen LogP contribution in [-0.4, -0.2) is 34.5 Å². The molecule has 0 spiro atoms. The number of benzene rings is 3. The Morgan fingerprint density at radius 1 is 1.26 bits per heavy atom. The molecule has 4 rings (SSSR count). The van der Waals surface area contributed by atoms with Gasteiger partial charge in [-0.2, -0.15) is 15.0 Å². The molecule has 10 nitrogen and oxygen atoms in total. The minimum Gasteiger partial charge on any atom is -0.496 e. The molecule has 0 aliphatic rings. The summed E-state index contributed by atoms with van der Waals surface area (Å²) in [5.41, 5.74) is 2.34. The quantitative estimate of drug-likeness (QED) is 0.154. The van der Waals surface area contributed by atoms with E-state index in [4.69, 9.17) is 31.3 Å². The van der Waals surface area contributed by atoms with Crippen LogP contribution < -0.4 is 15.0 Å².